The first kappa shape index (κ1) is 21.9. The third-order valence-electron chi connectivity index (χ3n) is 4.32. The zero-order valence-corrected chi connectivity index (χ0v) is 17.1. The minimum absolute atomic E-state index is 0. The maximum absolute atomic E-state index is 5.51. The molecule has 0 aromatic heterocycles. The molecule has 0 bridgehead atoms. The summed E-state index contributed by atoms with van der Waals surface area (Å²) in [5.41, 5.74) is 0.143. The summed E-state index contributed by atoms with van der Waals surface area (Å²) in [4.78, 5) is 7.14. The van der Waals surface area contributed by atoms with E-state index in [2.05, 4.69) is 43.5 Å². The number of halogens is 1. The summed E-state index contributed by atoms with van der Waals surface area (Å²) in [5.74, 6) is 0.946. The summed E-state index contributed by atoms with van der Waals surface area (Å²) in [6.45, 7) is 8.74. The monoisotopic (exact) mass is 426 g/mol. The van der Waals surface area contributed by atoms with Crippen LogP contribution in [0, 0.1) is 0 Å². The van der Waals surface area contributed by atoms with E-state index in [9.17, 15) is 0 Å². The number of hydrogen-bond donors (Lipinski definition) is 2. The quantitative estimate of drug-likeness (QED) is 0.271. The molecule has 0 atom stereocenters. The molecule has 0 aromatic rings. The first-order chi connectivity index (χ1) is 10.1. The van der Waals surface area contributed by atoms with Gasteiger partial charge in [-0.25, -0.2) is 0 Å². The molecule has 0 amide bonds. The summed E-state index contributed by atoms with van der Waals surface area (Å²) < 4.78 is 5.51. The molecular formula is C16H35IN4O. The summed E-state index contributed by atoms with van der Waals surface area (Å²) in [5, 5.41) is 6.78. The Labute approximate surface area is 153 Å². The lowest BCUT2D eigenvalue weighted by atomic mass is 9.89. The van der Waals surface area contributed by atoms with Crippen molar-refractivity contribution in [2.24, 2.45) is 4.99 Å². The van der Waals surface area contributed by atoms with E-state index in [-0.39, 0.29) is 29.5 Å². The molecule has 5 nitrogen and oxygen atoms in total. The SMILES string of the molecule is CCCCCNC(=NCC1(N(C)C)CCOCC1)NCC.I. The van der Waals surface area contributed by atoms with Gasteiger partial charge < -0.3 is 20.3 Å². The second-order valence-corrected chi connectivity index (χ2v) is 6.06. The number of nitrogens with one attached hydrogen (secondary N) is 2. The number of aliphatic imine (C=N–C) groups is 1. The molecule has 1 aliphatic rings. The van der Waals surface area contributed by atoms with Crippen molar-refractivity contribution in [3.05, 3.63) is 0 Å². The number of rotatable bonds is 8. The van der Waals surface area contributed by atoms with Crippen LogP contribution in [0.15, 0.2) is 4.99 Å². The normalized spacial score (nSPS) is 18.0. The second kappa shape index (κ2) is 12.4. The lowest BCUT2D eigenvalue weighted by Crippen LogP contribution is -2.51. The topological polar surface area (TPSA) is 48.9 Å². The summed E-state index contributed by atoms with van der Waals surface area (Å²) in [6, 6.07) is 0. The maximum Gasteiger partial charge on any atom is 0.191 e. The molecule has 0 unspecified atom stereocenters. The van der Waals surface area contributed by atoms with Crippen molar-refractivity contribution >= 4 is 29.9 Å². The van der Waals surface area contributed by atoms with E-state index in [1.54, 1.807) is 0 Å². The molecule has 0 aliphatic carbocycles. The largest absolute Gasteiger partial charge is 0.381 e. The van der Waals surface area contributed by atoms with Crippen molar-refractivity contribution in [2.45, 2.75) is 51.5 Å². The van der Waals surface area contributed by atoms with Gasteiger partial charge in [0.25, 0.3) is 0 Å². The predicted octanol–water partition coefficient (Wildman–Crippen LogP) is 2.46. The van der Waals surface area contributed by atoms with Crippen LogP contribution in [0.2, 0.25) is 0 Å². The van der Waals surface area contributed by atoms with Crippen molar-refractivity contribution in [3.8, 4) is 0 Å². The Bertz CT molecular complexity index is 305. The van der Waals surface area contributed by atoms with E-state index in [0.717, 1.165) is 51.6 Å². The van der Waals surface area contributed by atoms with Crippen LogP contribution in [0.4, 0.5) is 0 Å². The van der Waals surface area contributed by atoms with Gasteiger partial charge in [0, 0.05) is 31.8 Å². The Hall–Kier alpha value is -0.0800. The van der Waals surface area contributed by atoms with E-state index in [1.165, 1.54) is 19.3 Å². The van der Waals surface area contributed by atoms with Gasteiger partial charge in [-0.2, -0.15) is 0 Å². The number of nitrogens with zero attached hydrogens (tertiary/aromatic N) is 2. The molecule has 0 aromatic carbocycles. The van der Waals surface area contributed by atoms with Crippen molar-refractivity contribution in [1.82, 2.24) is 15.5 Å². The van der Waals surface area contributed by atoms with Gasteiger partial charge in [-0.1, -0.05) is 19.8 Å². The molecule has 1 saturated heterocycles. The first-order valence-electron chi connectivity index (χ1n) is 8.42. The minimum Gasteiger partial charge on any atom is -0.381 e. The fourth-order valence-corrected chi connectivity index (χ4v) is 2.65. The van der Waals surface area contributed by atoms with Gasteiger partial charge in [0.1, 0.15) is 0 Å². The van der Waals surface area contributed by atoms with Crippen molar-refractivity contribution in [3.63, 3.8) is 0 Å². The summed E-state index contributed by atoms with van der Waals surface area (Å²) >= 11 is 0. The fraction of sp³-hybridized carbons (Fsp3) is 0.938. The average Bonchev–Trinajstić information content (AvgIpc) is 2.50. The van der Waals surface area contributed by atoms with Gasteiger partial charge in [-0.3, -0.25) is 4.99 Å². The average molecular weight is 426 g/mol. The van der Waals surface area contributed by atoms with Crippen LogP contribution in [0.3, 0.4) is 0 Å². The molecule has 132 valence electrons. The Morgan fingerprint density at radius 1 is 1.14 bits per heavy atom. The van der Waals surface area contributed by atoms with Crippen molar-refractivity contribution in [1.29, 1.82) is 0 Å². The lowest BCUT2D eigenvalue weighted by Gasteiger charge is -2.41. The van der Waals surface area contributed by atoms with Crippen LogP contribution in [-0.2, 0) is 4.74 Å². The van der Waals surface area contributed by atoms with Gasteiger partial charge in [0.2, 0.25) is 0 Å². The van der Waals surface area contributed by atoms with Gasteiger partial charge in [0.05, 0.1) is 6.54 Å². The lowest BCUT2D eigenvalue weighted by molar-refractivity contribution is -0.00254. The van der Waals surface area contributed by atoms with Gasteiger partial charge >= 0.3 is 0 Å². The Balaban J connectivity index is 0.00000441. The van der Waals surface area contributed by atoms with Crippen LogP contribution in [0.1, 0.15) is 46.0 Å². The molecule has 0 radical (unpaired) electrons. The predicted molar refractivity (Wildman–Crippen MR) is 105 cm³/mol. The molecule has 0 saturated carbocycles. The smallest absolute Gasteiger partial charge is 0.191 e. The molecule has 6 heteroatoms. The number of unbranched alkanes of at least 4 members (excludes halogenated alkanes) is 2. The summed E-state index contributed by atoms with van der Waals surface area (Å²) in [7, 11) is 4.31. The van der Waals surface area contributed by atoms with E-state index in [0.29, 0.717) is 0 Å². The molecule has 1 rings (SSSR count). The van der Waals surface area contributed by atoms with Crippen LogP contribution in [-0.4, -0.2) is 63.3 Å². The highest BCUT2D eigenvalue weighted by Gasteiger charge is 2.34. The fourth-order valence-electron chi connectivity index (χ4n) is 2.65. The van der Waals surface area contributed by atoms with Gasteiger partial charge in [-0.05, 0) is 40.3 Å². The number of hydrogen-bond acceptors (Lipinski definition) is 3. The number of guanidine groups is 1. The molecule has 1 fully saturated rings. The van der Waals surface area contributed by atoms with E-state index in [1.807, 2.05) is 0 Å². The third-order valence-corrected chi connectivity index (χ3v) is 4.32. The molecule has 22 heavy (non-hydrogen) atoms. The van der Waals surface area contributed by atoms with Crippen LogP contribution < -0.4 is 10.6 Å². The Morgan fingerprint density at radius 2 is 1.82 bits per heavy atom. The van der Waals surface area contributed by atoms with Gasteiger partial charge in [0.15, 0.2) is 5.96 Å². The first-order valence-corrected chi connectivity index (χ1v) is 8.42. The zero-order valence-electron chi connectivity index (χ0n) is 14.8. The Kier molecular flexibility index (Phi) is 12.3. The van der Waals surface area contributed by atoms with Crippen molar-refractivity contribution < 1.29 is 4.74 Å². The molecule has 0 spiro atoms. The van der Waals surface area contributed by atoms with Crippen LogP contribution in [0.25, 0.3) is 0 Å². The maximum atomic E-state index is 5.51. The van der Waals surface area contributed by atoms with E-state index < -0.39 is 0 Å². The molecule has 1 heterocycles. The number of likely N-dealkylation sites (N-methyl/N-ethyl adjacent to an activating group) is 1. The minimum atomic E-state index is 0. The Morgan fingerprint density at radius 3 is 2.36 bits per heavy atom. The highest BCUT2D eigenvalue weighted by atomic mass is 127. The highest BCUT2D eigenvalue weighted by Crippen LogP contribution is 2.26. The van der Waals surface area contributed by atoms with Gasteiger partial charge in [-0.15, -0.1) is 24.0 Å². The second-order valence-electron chi connectivity index (χ2n) is 6.06. The number of ether oxygens (including phenoxy) is 1. The zero-order chi connectivity index (χ0) is 15.6. The highest BCUT2D eigenvalue weighted by molar-refractivity contribution is 14.0. The van der Waals surface area contributed by atoms with Crippen LogP contribution in [0.5, 0.6) is 0 Å². The standard InChI is InChI=1S/C16H34N4O.HI/c1-5-7-8-11-18-15(17-6-2)19-14-16(20(3)4)9-12-21-13-10-16;/h5-14H2,1-4H3,(H2,17,18,19);1H. The molecule has 2 N–H and O–H groups in total. The van der Waals surface area contributed by atoms with E-state index >= 15 is 0 Å². The van der Waals surface area contributed by atoms with E-state index in [4.69, 9.17) is 9.73 Å². The molecular weight excluding hydrogens is 391 g/mol. The third kappa shape index (κ3) is 7.46. The summed E-state index contributed by atoms with van der Waals surface area (Å²) in [6.07, 6.45) is 5.83. The van der Waals surface area contributed by atoms with Crippen molar-refractivity contribution in [2.75, 3.05) is 46.9 Å². The van der Waals surface area contributed by atoms with Crippen LogP contribution >= 0.6 is 24.0 Å². The molecule has 1 aliphatic heterocycles.